The Balaban J connectivity index is 2.34. The monoisotopic (exact) mass is 286 g/mol. The van der Waals surface area contributed by atoms with E-state index in [9.17, 15) is 4.79 Å². The predicted octanol–water partition coefficient (Wildman–Crippen LogP) is 3.30. The second kappa shape index (κ2) is 6.90. The fourth-order valence-electron chi connectivity index (χ4n) is 2.13. The summed E-state index contributed by atoms with van der Waals surface area (Å²) in [5.41, 5.74) is 3.51. The maximum Gasteiger partial charge on any atom is 0.337 e. The molecule has 0 amide bonds. The van der Waals surface area contributed by atoms with Crippen molar-refractivity contribution in [3.05, 3.63) is 53.6 Å². The molecule has 0 aromatic heterocycles. The lowest BCUT2D eigenvalue weighted by atomic mass is 10.0. The minimum atomic E-state index is -0.344. The molecule has 4 heteroatoms. The highest BCUT2D eigenvalue weighted by Gasteiger charge is 2.09. The van der Waals surface area contributed by atoms with Crippen molar-refractivity contribution in [2.75, 3.05) is 21.3 Å². The van der Waals surface area contributed by atoms with E-state index in [-0.39, 0.29) is 5.97 Å². The standard InChI is InChI=1S/C17H18O4/c1-19-11-12-4-9-15(16(10-12)20-2)13-5-7-14(8-6-13)17(18)21-3/h4-10H,11H2,1-3H3. The Morgan fingerprint density at radius 1 is 1.00 bits per heavy atom. The SMILES string of the molecule is COCc1ccc(-c2ccc(C(=O)OC)cc2)c(OC)c1. The van der Waals surface area contributed by atoms with Crippen molar-refractivity contribution in [2.45, 2.75) is 6.61 Å². The molecule has 0 aliphatic heterocycles. The fourth-order valence-corrected chi connectivity index (χ4v) is 2.13. The van der Waals surface area contributed by atoms with Gasteiger partial charge in [-0.3, -0.25) is 0 Å². The van der Waals surface area contributed by atoms with Gasteiger partial charge in [0.25, 0.3) is 0 Å². The number of benzene rings is 2. The molecule has 0 aliphatic carbocycles. The zero-order chi connectivity index (χ0) is 15.2. The Hall–Kier alpha value is -2.33. The summed E-state index contributed by atoms with van der Waals surface area (Å²) >= 11 is 0. The lowest BCUT2D eigenvalue weighted by molar-refractivity contribution is 0.0601. The topological polar surface area (TPSA) is 44.8 Å². The molecule has 0 radical (unpaired) electrons. The van der Waals surface area contributed by atoms with E-state index < -0.39 is 0 Å². The van der Waals surface area contributed by atoms with Crippen LogP contribution in [0.3, 0.4) is 0 Å². The van der Waals surface area contributed by atoms with Crippen LogP contribution in [0, 0.1) is 0 Å². The van der Waals surface area contributed by atoms with E-state index in [0.29, 0.717) is 12.2 Å². The Labute approximate surface area is 124 Å². The number of carbonyl (C=O) groups is 1. The van der Waals surface area contributed by atoms with Crippen LogP contribution in [-0.2, 0) is 16.1 Å². The average molecular weight is 286 g/mol. The van der Waals surface area contributed by atoms with Crippen LogP contribution in [0.4, 0.5) is 0 Å². The van der Waals surface area contributed by atoms with E-state index in [1.54, 1.807) is 26.4 Å². The number of rotatable bonds is 5. The summed E-state index contributed by atoms with van der Waals surface area (Å²) in [6.07, 6.45) is 0. The highest BCUT2D eigenvalue weighted by atomic mass is 16.5. The molecule has 0 bridgehead atoms. The van der Waals surface area contributed by atoms with Gasteiger partial charge in [-0.05, 0) is 29.3 Å². The third-order valence-electron chi connectivity index (χ3n) is 3.19. The van der Waals surface area contributed by atoms with Crippen LogP contribution in [0.1, 0.15) is 15.9 Å². The van der Waals surface area contributed by atoms with Gasteiger partial charge >= 0.3 is 5.97 Å². The van der Waals surface area contributed by atoms with Gasteiger partial charge in [0.05, 0.1) is 26.4 Å². The minimum Gasteiger partial charge on any atom is -0.496 e. The van der Waals surface area contributed by atoms with E-state index in [1.165, 1.54) is 7.11 Å². The van der Waals surface area contributed by atoms with Gasteiger partial charge in [-0.2, -0.15) is 0 Å². The Kier molecular flexibility index (Phi) is 4.95. The average Bonchev–Trinajstić information content (AvgIpc) is 2.54. The highest BCUT2D eigenvalue weighted by Crippen LogP contribution is 2.31. The summed E-state index contributed by atoms with van der Waals surface area (Å²) in [6, 6.07) is 13.2. The molecule has 0 N–H and O–H groups in total. The third-order valence-corrected chi connectivity index (χ3v) is 3.19. The summed E-state index contributed by atoms with van der Waals surface area (Å²) in [4.78, 5) is 11.4. The zero-order valence-corrected chi connectivity index (χ0v) is 12.4. The molecule has 0 aliphatic rings. The van der Waals surface area contributed by atoms with Gasteiger partial charge in [0, 0.05) is 12.7 Å². The lowest BCUT2D eigenvalue weighted by Gasteiger charge is -2.11. The van der Waals surface area contributed by atoms with Gasteiger partial charge in [-0.25, -0.2) is 4.79 Å². The van der Waals surface area contributed by atoms with Gasteiger partial charge in [0.1, 0.15) is 5.75 Å². The van der Waals surface area contributed by atoms with E-state index >= 15 is 0 Å². The largest absolute Gasteiger partial charge is 0.496 e. The van der Waals surface area contributed by atoms with Crippen LogP contribution < -0.4 is 4.74 Å². The maximum absolute atomic E-state index is 11.4. The van der Waals surface area contributed by atoms with Gasteiger partial charge in [0.2, 0.25) is 0 Å². The molecule has 0 saturated carbocycles. The molecule has 0 heterocycles. The summed E-state index contributed by atoms with van der Waals surface area (Å²) < 4.78 is 15.3. The van der Waals surface area contributed by atoms with Crippen molar-refractivity contribution in [3.8, 4) is 16.9 Å². The van der Waals surface area contributed by atoms with E-state index in [0.717, 1.165) is 22.4 Å². The predicted molar refractivity (Wildman–Crippen MR) is 80.5 cm³/mol. The summed E-state index contributed by atoms with van der Waals surface area (Å²) in [5.74, 6) is 0.430. The number of esters is 1. The quantitative estimate of drug-likeness (QED) is 0.791. The first-order valence-corrected chi connectivity index (χ1v) is 6.54. The first-order valence-electron chi connectivity index (χ1n) is 6.54. The summed E-state index contributed by atoms with van der Waals surface area (Å²) in [5, 5.41) is 0. The molecule has 0 atom stereocenters. The van der Waals surface area contributed by atoms with Crippen molar-refractivity contribution in [1.82, 2.24) is 0 Å². The first kappa shape index (κ1) is 15.1. The second-order valence-electron chi connectivity index (χ2n) is 4.54. The Bertz CT molecular complexity index is 617. The van der Waals surface area contributed by atoms with Gasteiger partial charge < -0.3 is 14.2 Å². The fraction of sp³-hybridized carbons (Fsp3) is 0.235. The minimum absolute atomic E-state index is 0.344. The molecule has 0 fully saturated rings. The number of methoxy groups -OCH3 is 3. The summed E-state index contributed by atoms with van der Waals surface area (Å²) in [6.45, 7) is 0.540. The molecule has 21 heavy (non-hydrogen) atoms. The molecule has 110 valence electrons. The second-order valence-corrected chi connectivity index (χ2v) is 4.54. The smallest absolute Gasteiger partial charge is 0.337 e. The molecule has 4 nitrogen and oxygen atoms in total. The van der Waals surface area contributed by atoms with Crippen LogP contribution in [0.5, 0.6) is 5.75 Å². The molecule has 2 aromatic carbocycles. The maximum atomic E-state index is 11.4. The Morgan fingerprint density at radius 2 is 1.71 bits per heavy atom. The molecular formula is C17H18O4. The van der Waals surface area contributed by atoms with Crippen molar-refractivity contribution < 1.29 is 19.0 Å². The molecule has 0 unspecified atom stereocenters. The van der Waals surface area contributed by atoms with Crippen LogP contribution in [0.2, 0.25) is 0 Å². The third kappa shape index (κ3) is 3.41. The first-order chi connectivity index (χ1) is 10.2. The van der Waals surface area contributed by atoms with Crippen LogP contribution in [-0.4, -0.2) is 27.3 Å². The van der Waals surface area contributed by atoms with Crippen molar-refractivity contribution >= 4 is 5.97 Å². The zero-order valence-electron chi connectivity index (χ0n) is 12.4. The van der Waals surface area contributed by atoms with Gasteiger partial charge in [-0.15, -0.1) is 0 Å². The van der Waals surface area contributed by atoms with Crippen molar-refractivity contribution in [1.29, 1.82) is 0 Å². The van der Waals surface area contributed by atoms with Crippen LogP contribution >= 0.6 is 0 Å². The van der Waals surface area contributed by atoms with Gasteiger partial charge in [-0.1, -0.05) is 24.3 Å². The van der Waals surface area contributed by atoms with Crippen molar-refractivity contribution in [2.24, 2.45) is 0 Å². The highest BCUT2D eigenvalue weighted by molar-refractivity contribution is 5.90. The van der Waals surface area contributed by atoms with Crippen LogP contribution in [0.15, 0.2) is 42.5 Å². The van der Waals surface area contributed by atoms with E-state index in [2.05, 4.69) is 0 Å². The van der Waals surface area contributed by atoms with Crippen LogP contribution in [0.25, 0.3) is 11.1 Å². The number of carbonyl (C=O) groups excluding carboxylic acids is 1. The van der Waals surface area contributed by atoms with Crippen molar-refractivity contribution in [3.63, 3.8) is 0 Å². The van der Waals surface area contributed by atoms with E-state index in [1.807, 2.05) is 30.3 Å². The Morgan fingerprint density at radius 3 is 2.29 bits per heavy atom. The molecule has 2 rings (SSSR count). The number of hydrogen-bond donors (Lipinski definition) is 0. The lowest BCUT2D eigenvalue weighted by Crippen LogP contribution is -2.00. The normalized spacial score (nSPS) is 10.2. The number of ether oxygens (including phenoxy) is 3. The molecule has 0 spiro atoms. The molecule has 2 aromatic rings. The molecule has 0 saturated heterocycles. The van der Waals surface area contributed by atoms with E-state index in [4.69, 9.17) is 14.2 Å². The summed E-state index contributed by atoms with van der Waals surface area (Å²) in [7, 11) is 4.66. The molecular weight excluding hydrogens is 268 g/mol. The van der Waals surface area contributed by atoms with Gasteiger partial charge in [0.15, 0.2) is 0 Å². The number of hydrogen-bond acceptors (Lipinski definition) is 4.